The molecule has 10 aromatic carbocycles. The molecule has 12 aromatic rings. The van der Waals surface area contributed by atoms with Gasteiger partial charge >= 0.3 is 0 Å². The number of nitrogens with zero attached hydrogens (tertiary/aromatic N) is 1. The third-order valence-corrected chi connectivity index (χ3v) is 12.1. The third kappa shape index (κ3) is 5.90. The summed E-state index contributed by atoms with van der Waals surface area (Å²) in [5, 5.41) is 6.63. The van der Waals surface area contributed by atoms with E-state index in [1.54, 1.807) is 0 Å². The zero-order valence-electron chi connectivity index (χ0n) is 33.1. The summed E-state index contributed by atoms with van der Waals surface area (Å²) in [6.45, 7) is 0. The Balaban J connectivity index is 1.06. The van der Waals surface area contributed by atoms with Gasteiger partial charge in [0.25, 0.3) is 0 Å². The van der Waals surface area contributed by atoms with Crippen LogP contribution in [0.1, 0.15) is 0 Å². The van der Waals surface area contributed by atoms with Crippen LogP contribution in [0.5, 0.6) is 0 Å². The number of furan rings is 2. The van der Waals surface area contributed by atoms with Crippen LogP contribution in [0.2, 0.25) is 0 Å². The van der Waals surface area contributed by atoms with Gasteiger partial charge in [-0.1, -0.05) is 164 Å². The van der Waals surface area contributed by atoms with E-state index >= 15 is 0 Å². The van der Waals surface area contributed by atoms with Crippen LogP contribution in [0.15, 0.2) is 233 Å². The van der Waals surface area contributed by atoms with Crippen LogP contribution in [0, 0.1) is 0 Å². The standard InChI is InChI=1S/C58H37NO2/c1-3-14-38(15-4-1)42-29-33-45(51(36-42)39-16-5-2-6-17-39)41-26-31-44(32-27-41)59(53-23-13-25-55-57(53)50-35-28-40-18-7-8-20-47(40)58(50)61-55)52-22-11-9-19-46(52)43-30-34-49-48-21-10-12-24-54(48)60-56(49)37-43/h1-37H. The summed E-state index contributed by atoms with van der Waals surface area (Å²) in [6.07, 6.45) is 0. The Morgan fingerprint density at radius 3 is 1.77 bits per heavy atom. The van der Waals surface area contributed by atoms with Crippen molar-refractivity contribution in [1.29, 1.82) is 0 Å². The second-order valence-electron chi connectivity index (χ2n) is 15.6. The first-order valence-electron chi connectivity index (χ1n) is 20.7. The number of fused-ring (bicyclic) bond motifs is 8. The smallest absolute Gasteiger partial charge is 0.143 e. The van der Waals surface area contributed by atoms with E-state index in [2.05, 4.69) is 217 Å². The lowest BCUT2D eigenvalue weighted by molar-refractivity contribution is 0.669. The van der Waals surface area contributed by atoms with Crippen LogP contribution in [0.3, 0.4) is 0 Å². The maximum absolute atomic E-state index is 6.75. The van der Waals surface area contributed by atoms with Gasteiger partial charge in [-0.3, -0.25) is 0 Å². The van der Waals surface area contributed by atoms with E-state index in [4.69, 9.17) is 8.83 Å². The number of rotatable bonds is 7. The molecule has 0 saturated carbocycles. The lowest BCUT2D eigenvalue weighted by Gasteiger charge is -2.28. The van der Waals surface area contributed by atoms with Crippen molar-refractivity contribution in [3.63, 3.8) is 0 Å². The van der Waals surface area contributed by atoms with Gasteiger partial charge in [-0.2, -0.15) is 0 Å². The number of benzene rings is 10. The van der Waals surface area contributed by atoms with Crippen molar-refractivity contribution < 1.29 is 8.83 Å². The van der Waals surface area contributed by atoms with Gasteiger partial charge in [-0.05, 0) is 105 Å². The van der Waals surface area contributed by atoms with E-state index in [0.29, 0.717) is 0 Å². The van der Waals surface area contributed by atoms with E-state index in [9.17, 15) is 0 Å². The SMILES string of the molecule is c1ccc(-c2ccc(-c3ccc(N(c4ccccc4-c4ccc5c(c4)oc4ccccc45)c4cccc5oc6c7ccccc7ccc6c45)cc3)c(-c3ccccc3)c2)cc1. The maximum Gasteiger partial charge on any atom is 0.143 e. The topological polar surface area (TPSA) is 29.5 Å². The molecule has 0 bridgehead atoms. The Labute approximate surface area is 353 Å². The molecule has 2 heterocycles. The molecule has 0 fully saturated rings. The van der Waals surface area contributed by atoms with Crippen molar-refractivity contribution in [2.45, 2.75) is 0 Å². The quantitative estimate of drug-likeness (QED) is 0.161. The second-order valence-corrected chi connectivity index (χ2v) is 15.6. The molecule has 12 rings (SSSR count). The molecule has 0 spiro atoms. The molecule has 0 amide bonds. The van der Waals surface area contributed by atoms with Crippen LogP contribution >= 0.6 is 0 Å². The monoisotopic (exact) mass is 779 g/mol. The molecule has 0 aliphatic carbocycles. The van der Waals surface area contributed by atoms with E-state index < -0.39 is 0 Å². The molecule has 0 N–H and O–H groups in total. The number of anilines is 3. The Kier molecular flexibility index (Phi) is 8.17. The number of hydrogen-bond donors (Lipinski definition) is 0. The minimum Gasteiger partial charge on any atom is -0.456 e. The van der Waals surface area contributed by atoms with E-state index in [0.717, 1.165) is 88.4 Å². The van der Waals surface area contributed by atoms with Crippen LogP contribution < -0.4 is 4.90 Å². The van der Waals surface area contributed by atoms with Gasteiger partial charge < -0.3 is 13.7 Å². The summed E-state index contributed by atoms with van der Waals surface area (Å²) < 4.78 is 13.2. The highest BCUT2D eigenvalue weighted by Crippen LogP contribution is 2.48. The Morgan fingerprint density at radius 2 is 0.918 bits per heavy atom. The largest absolute Gasteiger partial charge is 0.456 e. The number of hydrogen-bond acceptors (Lipinski definition) is 3. The second kappa shape index (κ2) is 14.3. The Morgan fingerprint density at radius 1 is 0.295 bits per heavy atom. The molecule has 2 aromatic heterocycles. The molecule has 0 radical (unpaired) electrons. The lowest BCUT2D eigenvalue weighted by Crippen LogP contribution is -2.11. The van der Waals surface area contributed by atoms with E-state index in [1.807, 2.05) is 12.1 Å². The first kappa shape index (κ1) is 34.9. The summed E-state index contributed by atoms with van der Waals surface area (Å²) in [5.41, 5.74) is 15.9. The molecule has 3 heteroatoms. The molecule has 286 valence electrons. The first-order valence-corrected chi connectivity index (χ1v) is 20.7. The van der Waals surface area contributed by atoms with Gasteiger partial charge in [0.1, 0.15) is 22.3 Å². The fourth-order valence-corrected chi connectivity index (χ4v) is 9.19. The average Bonchev–Trinajstić information content (AvgIpc) is 3.91. The molecule has 0 saturated heterocycles. The highest BCUT2D eigenvalue weighted by atomic mass is 16.3. The minimum atomic E-state index is 0.845. The van der Waals surface area contributed by atoms with Crippen molar-refractivity contribution in [2.75, 3.05) is 4.90 Å². The number of para-hydroxylation sites is 2. The summed E-state index contributed by atoms with van der Waals surface area (Å²) in [7, 11) is 0. The van der Waals surface area contributed by atoms with Gasteiger partial charge in [0.2, 0.25) is 0 Å². The molecule has 0 aliphatic heterocycles. The summed E-state index contributed by atoms with van der Waals surface area (Å²) in [6, 6.07) is 79.9. The average molecular weight is 780 g/mol. The predicted octanol–water partition coefficient (Wildman–Crippen LogP) is 16.8. The highest BCUT2D eigenvalue weighted by molar-refractivity contribution is 6.20. The van der Waals surface area contributed by atoms with Gasteiger partial charge in [0, 0.05) is 32.8 Å². The normalized spacial score (nSPS) is 11.6. The van der Waals surface area contributed by atoms with Gasteiger partial charge in [-0.25, -0.2) is 0 Å². The van der Waals surface area contributed by atoms with E-state index in [1.165, 1.54) is 27.8 Å². The van der Waals surface area contributed by atoms with Crippen molar-refractivity contribution >= 4 is 71.7 Å². The van der Waals surface area contributed by atoms with Gasteiger partial charge in [0.15, 0.2) is 0 Å². The summed E-state index contributed by atoms with van der Waals surface area (Å²) >= 11 is 0. The van der Waals surface area contributed by atoms with Crippen molar-refractivity contribution in [3.05, 3.63) is 224 Å². The van der Waals surface area contributed by atoms with Crippen molar-refractivity contribution in [1.82, 2.24) is 0 Å². The van der Waals surface area contributed by atoms with Crippen LogP contribution in [0.4, 0.5) is 17.1 Å². The Hall–Kier alpha value is -8.14. The minimum absolute atomic E-state index is 0.845. The molecule has 0 aliphatic rings. The molecule has 3 nitrogen and oxygen atoms in total. The molecule has 0 unspecified atom stereocenters. The maximum atomic E-state index is 6.75. The van der Waals surface area contributed by atoms with Crippen molar-refractivity contribution in [3.8, 4) is 44.5 Å². The molecule has 61 heavy (non-hydrogen) atoms. The fraction of sp³-hybridized carbons (Fsp3) is 0. The van der Waals surface area contributed by atoms with Gasteiger partial charge in [-0.15, -0.1) is 0 Å². The van der Waals surface area contributed by atoms with E-state index in [-0.39, 0.29) is 0 Å². The van der Waals surface area contributed by atoms with Crippen LogP contribution in [0.25, 0.3) is 99.2 Å². The predicted molar refractivity (Wildman–Crippen MR) is 255 cm³/mol. The first-order chi connectivity index (χ1) is 30.2. The van der Waals surface area contributed by atoms with Crippen molar-refractivity contribution in [2.24, 2.45) is 0 Å². The fourth-order valence-electron chi connectivity index (χ4n) is 9.19. The zero-order valence-corrected chi connectivity index (χ0v) is 33.1. The summed E-state index contributed by atoms with van der Waals surface area (Å²) in [5.74, 6) is 0. The van der Waals surface area contributed by atoms with Crippen LogP contribution in [-0.4, -0.2) is 0 Å². The van der Waals surface area contributed by atoms with Crippen LogP contribution in [-0.2, 0) is 0 Å². The highest BCUT2D eigenvalue weighted by Gasteiger charge is 2.23. The summed E-state index contributed by atoms with van der Waals surface area (Å²) in [4.78, 5) is 2.39. The Bertz CT molecular complexity index is 3580. The lowest BCUT2D eigenvalue weighted by atomic mass is 9.91. The van der Waals surface area contributed by atoms with Gasteiger partial charge in [0.05, 0.1) is 16.8 Å². The molecular weight excluding hydrogens is 743 g/mol. The third-order valence-electron chi connectivity index (χ3n) is 12.1. The molecular formula is C58H37NO2. The molecule has 0 atom stereocenters. The zero-order chi connectivity index (χ0) is 40.3.